The molecule has 1 aromatic heterocycles. The zero-order valence-corrected chi connectivity index (χ0v) is 15.6. The summed E-state index contributed by atoms with van der Waals surface area (Å²) in [5, 5.41) is 8.94. The molecule has 8 nitrogen and oxygen atoms in total. The zero-order valence-electron chi connectivity index (χ0n) is 14.8. The zero-order chi connectivity index (χ0) is 20.1. The molecule has 0 fully saturated rings. The molecule has 2 aromatic carbocycles. The Labute approximate surface area is 161 Å². The number of methoxy groups -OCH3 is 1. The van der Waals surface area contributed by atoms with Crippen molar-refractivity contribution in [2.24, 2.45) is 10.2 Å². The molecule has 0 aliphatic rings. The predicted octanol–water partition coefficient (Wildman–Crippen LogP) is 2.37. The highest BCUT2D eigenvalue weighted by molar-refractivity contribution is 7.89. The first-order chi connectivity index (χ1) is 13.4. The molecule has 0 aliphatic carbocycles. The maximum Gasteiger partial charge on any atom is 0.271 e. The van der Waals surface area contributed by atoms with E-state index in [2.05, 4.69) is 10.5 Å². The quantitative estimate of drug-likeness (QED) is 0.486. The second kappa shape index (κ2) is 8.07. The number of hydrogen-bond donors (Lipinski definition) is 2. The number of sulfonamides is 1. The van der Waals surface area contributed by atoms with Crippen LogP contribution in [0.2, 0.25) is 0 Å². The summed E-state index contributed by atoms with van der Waals surface area (Å²) in [7, 11) is -2.20. The molecular weight excluding hydrogens is 382 g/mol. The predicted molar refractivity (Wildman–Crippen MR) is 104 cm³/mol. The summed E-state index contributed by atoms with van der Waals surface area (Å²) in [6.07, 6.45) is 1.36. The molecule has 0 atom stereocenters. The number of nitrogens with zero attached hydrogens (tertiary/aromatic N) is 1. The maximum atomic E-state index is 12.0. The number of nitrogens with two attached hydrogens (primary N) is 1. The standard InChI is InChI=1S/C19H17N3O5S/c1-26-15-6-2-14(3-7-15)19(23)22-21-12-16-8-11-18(27-16)13-4-9-17(10-5-13)28(20,24)25/h2-12H,1H3,(H,22,23)(H2,20,24,25). The maximum absolute atomic E-state index is 12.0. The lowest BCUT2D eigenvalue weighted by molar-refractivity contribution is 0.0955. The van der Waals surface area contributed by atoms with Crippen molar-refractivity contribution in [3.63, 3.8) is 0 Å². The number of ether oxygens (including phenoxy) is 1. The highest BCUT2D eigenvalue weighted by atomic mass is 32.2. The number of benzene rings is 2. The summed E-state index contributed by atoms with van der Waals surface area (Å²) in [6.45, 7) is 0. The van der Waals surface area contributed by atoms with E-state index in [-0.39, 0.29) is 10.8 Å². The summed E-state index contributed by atoms with van der Waals surface area (Å²) in [6, 6.07) is 16.0. The van der Waals surface area contributed by atoms with Crippen LogP contribution in [-0.2, 0) is 10.0 Å². The topological polar surface area (TPSA) is 124 Å². The third-order valence-corrected chi connectivity index (χ3v) is 4.73. The molecule has 0 saturated heterocycles. The van der Waals surface area contributed by atoms with Crippen LogP contribution in [0.25, 0.3) is 11.3 Å². The molecule has 0 unspecified atom stereocenters. The van der Waals surface area contributed by atoms with E-state index in [9.17, 15) is 13.2 Å². The van der Waals surface area contributed by atoms with Gasteiger partial charge >= 0.3 is 0 Å². The van der Waals surface area contributed by atoms with Crippen LogP contribution in [0.3, 0.4) is 0 Å². The lowest BCUT2D eigenvalue weighted by Gasteiger charge is -2.01. The summed E-state index contributed by atoms with van der Waals surface area (Å²) in [4.78, 5) is 12.0. The number of carbonyl (C=O) groups is 1. The first kappa shape index (κ1) is 19.3. The van der Waals surface area contributed by atoms with Crippen LogP contribution in [0.5, 0.6) is 5.75 Å². The van der Waals surface area contributed by atoms with Crippen molar-refractivity contribution in [1.29, 1.82) is 0 Å². The van der Waals surface area contributed by atoms with Crippen LogP contribution in [0.1, 0.15) is 16.1 Å². The molecule has 0 spiro atoms. The Morgan fingerprint density at radius 2 is 1.75 bits per heavy atom. The van der Waals surface area contributed by atoms with E-state index in [0.717, 1.165) is 0 Å². The number of hydrazone groups is 1. The number of amides is 1. The number of hydrogen-bond acceptors (Lipinski definition) is 6. The minimum Gasteiger partial charge on any atom is -0.497 e. The number of rotatable bonds is 6. The Balaban J connectivity index is 1.64. The molecule has 0 radical (unpaired) electrons. The molecule has 28 heavy (non-hydrogen) atoms. The Morgan fingerprint density at radius 3 is 2.36 bits per heavy atom. The van der Waals surface area contributed by atoms with Crippen LogP contribution in [0.4, 0.5) is 0 Å². The second-order valence-electron chi connectivity index (χ2n) is 5.70. The van der Waals surface area contributed by atoms with Gasteiger partial charge in [-0.05, 0) is 60.7 Å². The monoisotopic (exact) mass is 399 g/mol. The Morgan fingerprint density at radius 1 is 1.07 bits per heavy atom. The van der Waals surface area contributed by atoms with E-state index >= 15 is 0 Å². The average Bonchev–Trinajstić information content (AvgIpc) is 3.16. The van der Waals surface area contributed by atoms with Gasteiger partial charge in [0, 0.05) is 11.1 Å². The van der Waals surface area contributed by atoms with E-state index < -0.39 is 10.0 Å². The summed E-state index contributed by atoms with van der Waals surface area (Å²) in [5.41, 5.74) is 3.52. The van der Waals surface area contributed by atoms with Crippen LogP contribution >= 0.6 is 0 Å². The minimum absolute atomic E-state index is 0.0193. The normalized spacial score (nSPS) is 11.5. The number of furan rings is 1. The lowest BCUT2D eigenvalue weighted by atomic mass is 10.2. The molecule has 0 saturated carbocycles. The van der Waals surface area contributed by atoms with Crippen LogP contribution in [0, 0.1) is 0 Å². The molecule has 3 rings (SSSR count). The van der Waals surface area contributed by atoms with Gasteiger partial charge in [-0.1, -0.05) is 0 Å². The fourth-order valence-corrected chi connectivity index (χ4v) is 2.86. The van der Waals surface area contributed by atoms with Crippen molar-refractivity contribution in [1.82, 2.24) is 5.43 Å². The van der Waals surface area contributed by atoms with Gasteiger partial charge in [0.15, 0.2) is 0 Å². The number of primary sulfonamides is 1. The van der Waals surface area contributed by atoms with E-state index in [1.807, 2.05) is 0 Å². The Hall–Kier alpha value is -3.43. The summed E-state index contributed by atoms with van der Waals surface area (Å²) < 4.78 is 33.2. The lowest BCUT2D eigenvalue weighted by Crippen LogP contribution is -2.17. The van der Waals surface area contributed by atoms with Gasteiger partial charge in [0.05, 0.1) is 18.2 Å². The largest absolute Gasteiger partial charge is 0.497 e. The molecule has 9 heteroatoms. The second-order valence-corrected chi connectivity index (χ2v) is 7.26. The van der Waals surface area contributed by atoms with E-state index in [4.69, 9.17) is 14.3 Å². The smallest absolute Gasteiger partial charge is 0.271 e. The fraction of sp³-hybridized carbons (Fsp3) is 0.0526. The first-order valence-corrected chi connectivity index (χ1v) is 9.62. The minimum atomic E-state index is -3.74. The van der Waals surface area contributed by atoms with Crippen LogP contribution in [-0.4, -0.2) is 27.6 Å². The van der Waals surface area contributed by atoms with Crippen molar-refractivity contribution >= 4 is 22.1 Å². The molecule has 144 valence electrons. The molecule has 0 bridgehead atoms. The van der Waals surface area contributed by atoms with Gasteiger partial charge in [-0.15, -0.1) is 0 Å². The molecule has 1 amide bonds. The van der Waals surface area contributed by atoms with Crippen molar-refractivity contribution < 1.29 is 22.4 Å². The SMILES string of the molecule is COc1ccc(C(=O)NN=Cc2ccc(-c3ccc(S(N)(=O)=O)cc3)o2)cc1. The first-order valence-electron chi connectivity index (χ1n) is 8.07. The molecular formula is C19H17N3O5S. The van der Waals surface area contributed by atoms with Gasteiger partial charge in [-0.3, -0.25) is 4.79 Å². The number of nitrogens with one attached hydrogen (secondary N) is 1. The Kier molecular flexibility index (Phi) is 5.57. The molecule has 1 heterocycles. The van der Waals surface area contributed by atoms with Gasteiger partial charge in [0.2, 0.25) is 10.0 Å². The molecule has 3 aromatic rings. The fourth-order valence-electron chi connectivity index (χ4n) is 2.35. The average molecular weight is 399 g/mol. The van der Waals surface area contributed by atoms with Crippen molar-refractivity contribution in [3.05, 3.63) is 72.0 Å². The van der Waals surface area contributed by atoms with Crippen LogP contribution in [0.15, 0.2) is 75.1 Å². The van der Waals surface area contributed by atoms with E-state index in [0.29, 0.717) is 28.4 Å². The van der Waals surface area contributed by atoms with E-state index in [1.54, 1.807) is 55.6 Å². The number of carbonyl (C=O) groups excluding carboxylic acids is 1. The summed E-state index contributed by atoms with van der Waals surface area (Å²) >= 11 is 0. The van der Waals surface area contributed by atoms with Gasteiger partial charge in [0.25, 0.3) is 5.91 Å². The van der Waals surface area contributed by atoms with Crippen molar-refractivity contribution in [2.75, 3.05) is 7.11 Å². The highest BCUT2D eigenvalue weighted by Crippen LogP contribution is 2.23. The van der Waals surface area contributed by atoms with Crippen molar-refractivity contribution in [2.45, 2.75) is 4.90 Å². The van der Waals surface area contributed by atoms with Gasteiger partial charge in [-0.2, -0.15) is 5.10 Å². The summed E-state index contributed by atoms with van der Waals surface area (Å²) in [5.74, 6) is 1.22. The van der Waals surface area contributed by atoms with Crippen LogP contribution < -0.4 is 15.3 Å². The highest BCUT2D eigenvalue weighted by Gasteiger charge is 2.09. The third-order valence-electron chi connectivity index (χ3n) is 3.80. The Bertz CT molecular complexity index is 1100. The molecule has 3 N–H and O–H groups in total. The van der Waals surface area contributed by atoms with Gasteiger partial charge in [0.1, 0.15) is 17.3 Å². The van der Waals surface area contributed by atoms with Crippen molar-refractivity contribution in [3.8, 4) is 17.1 Å². The van der Waals surface area contributed by atoms with E-state index in [1.165, 1.54) is 18.3 Å². The van der Waals surface area contributed by atoms with Gasteiger partial charge < -0.3 is 9.15 Å². The molecule has 0 aliphatic heterocycles. The third kappa shape index (κ3) is 4.64. The van der Waals surface area contributed by atoms with Gasteiger partial charge in [-0.25, -0.2) is 19.0 Å².